The fourth-order valence-corrected chi connectivity index (χ4v) is 3.95. The molecule has 8 heteroatoms. The van der Waals surface area contributed by atoms with Gasteiger partial charge in [0.1, 0.15) is 18.5 Å². The molecule has 1 aromatic heterocycles. The highest BCUT2D eigenvalue weighted by Gasteiger charge is 2.13. The van der Waals surface area contributed by atoms with Gasteiger partial charge in [0.05, 0.1) is 11.0 Å². The second-order valence-corrected chi connectivity index (χ2v) is 8.61. The first-order valence-electron chi connectivity index (χ1n) is 10.9. The number of imidazole rings is 1. The number of nitrogens with zero attached hydrogens (tertiary/aromatic N) is 2. The van der Waals surface area contributed by atoms with Crippen LogP contribution < -0.4 is 15.7 Å². The molecule has 0 saturated carbocycles. The number of hydrogen-bond donors (Lipinski definition) is 2. The summed E-state index contributed by atoms with van der Waals surface area (Å²) in [5.74, 6) is 0.701. The van der Waals surface area contributed by atoms with Gasteiger partial charge in [-0.2, -0.15) is 0 Å². The molecule has 0 spiro atoms. The second kappa shape index (κ2) is 11.6. The molecule has 1 unspecified atom stereocenters. The summed E-state index contributed by atoms with van der Waals surface area (Å²) >= 11 is 5.92. The zero-order valence-electron chi connectivity index (χ0n) is 19.2. The molecule has 6 nitrogen and oxygen atoms in total. The molecule has 0 bridgehead atoms. The van der Waals surface area contributed by atoms with E-state index in [-0.39, 0.29) is 24.7 Å². The summed E-state index contributed by atoms with van der Waals surface area (Å²) in [6, 6.07) is 21.3. The molecule has 4 rings (SSSR count). The number of halogens is 2. The van der Waals surface area contributed by atoms with Gasteiger partial charge in [0, 0.05) is 25.7 Å². The largest absolute Gasteiger partial charge is 0.491 e. The molecule has 0 radical (unpaired) electrons. The van der Waals surface area contributed by atoms with Crippen molar-refractivity contribution in [2.24, 2.45) is 14.1 Å². The van der Waals surface area contributed by atoms with Gasteiger partial charge in [0.15, 0.2) is 0 Å². The molecule has 1 heterocycles. The van der Waals surface area contributed by atoms with E-state index in [1.807, 2.05) is 66.7 Å². The third kappa shape index (κ3) is 6.02. The van der Waals surface area contributed by atoms with Crippen LogP contribution in [0.3, 0.4) is 0 Å². The number of ether oxygens (including phenoxy) is 1. The van der Waals surface area contributed by atoms with E-state index < -0.39 is 6.10 Å². The Labute approximate surface area is 210 Å². The maximum atomic E-state index is 12.1. The van der Waals surface area contributed by atoms with Crippen molar-refractivity contribution in [3.63, 3.8) is 0 Å². The van der Waals surface area contributed by atoms with E-state index in [0.717, 1.165) is 41.1 Å². The molecule has 1 atom stereocenters. The van der Waals surface area contributed by atoms with Gasteiger partial charge in [-0.05, 0) is 66.1 Å². The smallest absolute Gasteiger partial charge is 0.328 e. The molecule has 4 aromatic rings. The van der Waals surface area contributed by atoms with E-state index in [2.05, 4.69) is 5.32 Å². The molecule has 0 aliphatic rings. The monoisotopic (exact) mass is 501 g/mol. The molecule has 0 amide bonds. The summed E-state index contributed by atoms with van der Waals surface area (Å²) in [5.41, 5.74) is 4.65. The van der Waals surface area contributed by atoms with E-state index in [4.69, 9.17) is 16.3 Å². The first-order chi connectivity index (χ1) is 15.9. The van der Waals surface area contributed by atoms with Crippen LogP contribution in [0, 0.1) is 0 Å². The van der Waals surface area contributed by atoms with E-state index in [1.165, 1.54) is 5.56 Å². The van der Waals surface area contributed by atoms with Crippen LogP contribution in [0.2, 0.25) is 5.02 Å². The Hall–Kier alpha value is -2.77. The van der Waals surface area contributed by atoms with Crippen LogP contribution in [0.4, 0.5) is 0 Å². The zero-order chi connectivity index (χ0) is 23.4. The highest BCUT2D eigenvalue weighted by molar-refractivity contribution is 6.30. The lowest BCUT2D eigenvalue weighted by molar-refractivity contribution is 0.108. The number of fused-ring (bicyclic) bond motifs is 1. The Morgan fingerprint density at radius 2 is 1.59 bits per heavy atom. The van der Waals surface area contributed by atoms with Crippen LogP contribution in [0.1, 0.15) is 22.8 Å². The summed E-state index contributed by atoms with van der Waals surface area (Å²) in [6.45, 7) is 1.78. The molecule has 0 aliphatic heterocycles. The van der Waals surface area contributed by atoms with Gasteiger partial charge in [0.25, 0.3) is 0 Å². The van der Waals surface area contributed by atoms with Crippen LogP contribution in [0.5, 0.6) is 5.75 Å². The van der Waals surface area contributed by atoms with Gasteiger partial charge < -0.3 is 15.2 Å². The minimum Gasteiger partial charge on any atom is -0.491 e. The third-order valence-corrected chi connectivity index (χ3v) is 6.10. The minimum absolute atomic E-state index is 0. The molecule has 0 aliphatic carbocycles. The normalized spacial score (nSPS) is 11.9. The van der Waals surface area contributed by atoms with Crippen molar-refractivity contribution in [3.05, 3.63) is 98.9 Å². The highest BCUT2D eigenvalue weighted by atomic mass is 35.5. The standard InChI is InChI=1S/C26H28ClN3O3.ClH/c1-29-23-12-7-20(15-24(23)30(2)26(29)32)25(31)17-33-22-10-5-19(6-11-22)16-28-14-13-18-3-8-21(27)9-4-18;/h3-12,15,25,28,31H,13-14,16-17H2,1-2H3;1H. The van der Waals surface area contributed by atoms with Gasteiger partial charge in [-0.15, -0.1) is 12.4 Å². The Kier molecular flexibility index (Phi) is 8.80. The topological polar surface area (TPSA) is 68.4 Å². The van der Waals surface area contributed by atoms with Crippen molar-refractivity contribution in [2.45, 2.75) is 19.1 Å². The van der Waals surface area contributed by atoms with Crippen molar-refractivity contribution in [2.75, 3.05) is 13.2 Å². The van der Waals surface area contributed by atoms with E-state index in [1.54, 1.807) is 23.2 Å². The average Bonchev–Trinajstić information content (AvgIpc) is 3.05. The van der Waals surface area contributed by atoms with Crippen molar-refractivity contribution < 1.29 is 9.84 Å². The molecule has 3 aromatic carbocycles. The van der Waals surface area contributed by atoms with Crippen molar-refractivity contribution in [3.8, 4) is 5.75 Å². The van der Waals surface area contributed by atoms with Crippen LogP contribution in [0.25, 0.3) is 11.0 Å². The summed E-state index contributed by atoms with van der Waals surface area (Å²) in [7, 11) is 3.47. The van der Waals surface area contributed by atoms with Gasteiger partial charge in [-0.3, -0.25) is 9.13 Å². The predicted octanol–water partition coefficient (Wildman–Crippen LogP) is 4.40. The molecule has 0 fully saturated rings. The first-order valence-corrected chi connectivity index (χ1v) is 11.3. The fraction of sp³-hybridized carbons (Fsp3) is 0.269. The zero-order valence-corrected chi connectivity index (χ0v) is 20.8. The number of aryl methyl sites for hydroxylation is 2. The van der Waals surface area contributed by atoms with E-state index in [9.17, 15) is 9.90 Å². The van der Waals surface area contributed by atoms with Gasteiger partial charge in [-0.25, -0.2) is 4.79 Å². The molecular weight excluding hydrogens is 473 g/mol. The van der Waals surface area contributed by atoms with Gasteiger partial charge >= 0.3 is 5.69 Å². The average molecular weight is 502 g/mol. The first kappa shape index (κ1) is 25.8. The molecular formula is C26H29Cl2N3O3. The van der Waals surface area contributed by atoms with Gasteiger partial charge in [-0.1, -0.05) is 41.9 Å². The predicted molar refractivity (Wildman–Crippen MR) is 139 cm³/mol. The molecule has 34 heavy (non-hydrogen) atoms. The number of rotatable bonds is 9. The lowest BCUT2D eigenvalue weighted by Gasteiger charge is -2.14. The summed E-state index contributed by atoms with van der Waals surface area (Å²) < 4.78 is 8.96. The van der Waals surface area contributed by atoms with E-state index in [0.29, 0.717) is 11.3 Å². The quantitative estimate of drug-likeness (QED) is 0.333. The van der Waals surface area contributed by atoms with Gasteiger partial charge in [0.2, 0.25) is 0 Å². The third-order valence-electron chi connectivity index (χ3n) is 5.84. The minimum atomic E-state index is -0.793. The number of benzene rings is 3. The Bertz CT molecular complexity index is 1280. The molecule has 0 saturated heterocycles. The second-order valence-electron chi connectivity index (χ2n) is 8.17. The fourth-order valence-electron chi connectivity index (χ4n) is 3.82. The Balaban J connectivity index is 0.00000324. The maximum absolute atomic E-state index is 12.1. The van der Waals surface area contributed by atoms with Crippen molar-refractivity contribution in [1.82, 2.24) is 14.5 Å². The lowest BCUT2D eigenvalue weighted by atomic mass is 10.1. The van der Waals surface area contributed by atoms with E-state index >= 15 is 0 Å². The number of nitrogens with one attached hydrogen (secondary N) is 1. The van der Waals surface area contributed by atoms with Crippen molar-refractivity contribution in [1.29, 1.82) is 0 Å². The summed E-state index contributed by atoms with van der Waals surface area (Å²) in [5, 5.41) is 14.8. The maximum Gasteiger partial charge on any atom is 0.328 e. The Morgan fingerprint density at radius 3 is 2.29 bits per heavy atom. The molecule has 2 N–H and O–H groups in total. The van der Waals surface area contributed by atoms with Crippen molar-refractivity contribution >= 4 is 35.0 Å². The SMILES string of the molecule is Cl.Cn1c(=O)n(C)c2cc(C(O)COc3ccc(CNCCc4ccc(Cl)cc4)cc3)ccc21. The number of hydrogen-bond acceptors (Lipinski definition) is 4. The number of aromatic nitrogens is 2. The van der Waals surface area contributed by atoms with Crippen LogP contribution in [-0.2, 0) is 27.1 Å². The summed E-state index contributed by atoms with van der Waals surface area (Å²) in [4.78, 5) is 12.1. The lowest BCUT2D eigenvalue weighted by Crippen LogP contribution is -2.19. The van der Waals surface area contributed by atoms with Crippen LogP contribution >= 0.6 is 24.0 Å². The Morgan fingerprint density at radius 1 is 0.941 bits per heavy atom. The number of aliphatic hydroxyl groups excluding tert-OH is 1. The number of aliphatic hydroxyl groups is 1. The highest BCUT2D eigenvalue weighted by Crippen LogP contribution is 2.21. The van der Waals surface area contributed by atoms with Crippen LogP contribution in [-0.4, -0.2) is 27.4 Å². The molecule has 180 valence electrons. The summed E-state index contributed by atoms with van der Waals surface area (Å²) in [6.07, 6.45) is 0.151. The van der Waals surface area contributed by atoms with Crippen LogP contribution in [0.15, 0.2) is 71.5 Å².